The number of aromatic nitrogens is 3. The summed E-state index contributed by atoms with van der Waals surface area (Å²) in [6.07, 6.45) is 2.32. The normalized spacial score (nSPS) is 18.7. The van der Waals surface area contributed by atoms with Crippen LogP contribution in [-0.4, -0.2) is 57.2 Å². The molecule has 1 saturated heterocycles. The summed E-state index contributed by atoms with van der Waals surface area (Å²) in [6.45, 7) is 6.05. The smallest absolute Gasteiger partial charge is 0.228 e. The van der Waals surface area contributed by atoms with Crippen LogP contribution >= 0.6 is 0 Å². The highest BCUT2D eigenvalue weighted by Crippen LogP contribution is 2.17. The van der Waals surface area contributed by atoms with E-state index in [0.717, 1.165) is 31.7 Å². The van der Waals surface area contributed by atoms with Crippen LogP contribution in [0.2, 0.25) is 0 Å². The van der Waals surface area contributed by atoms with Gasteiger partial charge in [-0.25, -0.2) is 0 Å². The Morgan fingerprint density at radius 1 is 1.38 bits per heavy atom. The third kappa shape index (κ3) is 4.00. The zero-order chi connectivity index (χ0) is 17.1. The minimum atomic E-state index is 0.0607. The van der Waals surface area contributed by atoms with E-state index in [1.165, 1.54) is 0 Å². The molecule has 24 heavy (non-hydrogen) atoms. The lowest BCUT2D eigenvalue weighted by atomic mass is 10.0. The van der Waals surface area contributed by atoms with E-state index in [2.05, 4.69) is 20.2 Å². The number of hydrogen-bond acceptors (Lipinski definition) is 7. The average molecular weight is 333 g/mol. The molecule has 1 aliphatic heterocycles. The van der Waals surface area contributed by atoms with Gasteiger partial charge >= 0.3 is 0 Å². The molecule has 0 spiro atoms. The van der Waals surface area contributed by atoms with Gasteiger partial charge in [-0.15, -0.1) is 0 Å². The maximum Gasteiger partial charge on any atom is 0.228 e. The Balaban J connectivity index is 1.55. The quantitative estimate of drug-likeness (QED) is 0.815. The summed E-state index contributed by atoms with van der Waals surface area (Å²) < 4.78 is 10.0. The van der Waals surface area contributed by atoms with E-state index in [9.17, 15) is 4.79 Å². The highest BCUT2D eigenvalue weighted by atomic mass is 16.5. The fraction of sp³-hybridized carbons (Fsp3) is 0.625. The van der Waals surface area contributed by atoms with Crippen molar-refractivity contribution >= 4 is 5.91 Å². The molecule has 0 aliphatic carbocycles. The molecular weight excluding hydrogens is 310 g/mol. The third-order valence-corrected chi connectivity index (χ3v) is 4.37. The topological polar surface area (TPSA) is 88.5 Å². The van der Waals surface area contributed by atoms with Gasteiger partial charge in [-0.05, 0) is 26.3 Å². The molecule has 130 valence electrons. The zero-order valence-electron chi connectivity index (χ0n) is 14.4. The van der Waals surface area contributed by atoms with Crippen molar-refractivity contribution in [3.05, 3.63) is 29.2 Å². The van der Waals surface area contributed by atoms with Gasteiger partial charge in [0.1, 0.15) is 5.76 Å². The van der Waals surface area contributed by atoms with Gasteiger partial charge in [0.05, 0.1) is 18.7 Å². The van der Waals surface area contributed by atoms with E-state index in [4.69, 9.17) is 9.05 Å². The van der Waals surface area contributed by atoms with Gasteiger partial charge in [-0.3, -0.25) is 9.69 Å². The molecular formula is C16H23N5O3. The van der Waals surface area contributed by atoms with Crippen molar-refractivity contribution in [1.82, 2.24) is 25.1 Å². The summed E-state index contributed by atoms with van der Waals surface area (Å²) in [5.74, 6) is 2.05. The minimum absolute atomic E-state index is 0.0607. The molecule has 1 unspecified atom stereocenters. The number of carbonyl (C=O) groups excluding carboxylic acids is 1. The highest BCUT2D eigenvalue weighted by Gasteiger charge is 2.27. The summed E-state index contributed by atoms with van der Waals surface area (Å²) in [5.41, 5.74) is 0.680. The van der Waals surface area contributed by atoms with Crippen molar-refractivity contribution < 1.29 is 13.8 Å². The first-order valence-electron chi connectivity index (χ1n) is 8.20. The third-order valence-electron chi connectivity index (χ3n) is 4.37. The molecule has 3 rings (SSSR count). The van der Waals surface area contributed by atoms with Gasteiger partial charge in [0.25, 0.3) is 0 Å². The van der Waals surface area contributed by atoms with Crippen LogP contribution in [0, 0.1) is 13.8 Å². The van der Waals surface area contributed by atoms with Gasteiger partial charge < -0.3 is 13.9 Å². The number of aryl methyl sites for hydroxylation is 2. The Kier molecular flexibility index (Phi) is 4.94. The van der Waals surface area contributed by atoms with E-state index < -0.39 is 0 Å². The first kappa shape index (κ1) is 16.6. The van der Waals surface area contributed by atoms with Crippen LogP contribution < -0.4 is 0 Å². The number of hydrogen-bond donors (Lipinski definition) is 0. The number of amides is 1. The van der Waals surface area contributed by atoms with Crippen LogP contribution in [0.15, 0.2) is 15.1 Å². The first-order chi connectivity index (χ1) is 11.5. The van der Waals surface area contributed by atoms with Crippen LogP contribution in [-0.2, 0) is 17.8 Å². The van der Waals surface area contributed by atoms with E-state index in [1.54, 1.807) is 13.0 Å². The number of nitrogens with zero attached hydrogens (tertiary/aromatic N) is 5. The summed E-state index contributed by atoms with van der Waals surface area (Å²) in [6, 6.07) is 1.99. The highest BCUT2D eigenvalue weighted by molar-refractivity contribution is 5.78. The lowest BCUT2D eigenvalue weighted by Crippen LogP contribution is -2.48. The van der Waals surface area contributed by atoms with Crippen LogP contribution in [0.4, 0.5) is 0 Å². The second-order valence-corrected chi connectivity index (χ2v) is 6.37. The molecule has 1 fully saturated rings. The van der Waals surface area contributed by atoms with Crippen molar-refractivity contribution in [2.75, 3.05) is 20.1 Å². The minimum Gasteiger partial charge on any atom is -0.361 e. The molecule has 0 aromatic carbocycles. The van der Waals surface area contributed by atoms with Crippen molar-refractivity contribution in [1.29, 1.82) is 0 Å². The van der Waals surface area contributed by atoms with Gasteiger partial charge in [0.15, 0.2) is 5.82 Å². The molecule has 2 aromatic heterocycles. The van der Waals surface area contributed by atoms with Crippen LogP contribution in [0.1, 0.15) is 36.0 Å². The molecule has 1 atom stereocenters. The second kappa shape index (κ2) is 7.12. The predicted octanol–water partition coefficient (Wildman–Crippen LogP) is 1.34. The molecule has 3 heterocycles. The van der Waals surface area contributed by atoms with Crippen LogP contribution in [0.5, 0.6) is 0 Å². The number of rotatable bonds is 5. The van der Waals surface area contributed by atoms with E-state index in [0.29, 0.717) is 24.0 Å². The Morgan fingerprint density at radius 2 is 2.21 bits per heavy atom. The molecule has 8 heteroatoms. The predicted molar refractivity (Wildman–Crippen MR) is 85.0 cm³/mol. The fourth-order valence-corrected chi connectivity index (χ4v) is 3.08. The molecule has 1 amide bonds. The lowest BCUT2D eigenvalue weighted by molar-refractivity contribution is -0.132. The molecule has 0 radical (unpaired) electrons. The van der Waals surface area contributed by atoms with E-state index in [1.807, 2.05) is 18.9 Å². The molecule has 8 nitrogen and oxygen atoms in total. The summed E-state index contributed by atoms with van der Waals surface area (Å²) >= 11 is 0. The summed E-state index contributed by atoms with van der Waals surface area (Å²) in [4.78, 5) is 20.8. The van der Waals surface area contributed by atoms with Crippen LogP contribution in [0.3, 0.4) is 0 Å². The van der Waals surface area contributed by atoms with Gasteiger partial charge in [0.2, 0.25) is 11.8 Å². The molecule has 0 saturated carbocycles. The summed E-state index contributed by atoms with van der Waals surface area (Å²) in [7, 11) is 1.86. The number of likely N-dealkylation sites (tertiary alicyclic amines) is 1. The largest absolute Gasteiger partial charge is 0.361 e. The Morgan fingerprint density at radius 3 is 2.88 bits per heavy atom. The number of likely N-dealkylation sites (N-methyl/N-ethyl adjacent to an activating group) is 1. The maximum absolute atomic E-state index is 12.5. The molecule has 2 aromatic rings. The second-order valence-electron chi connectivity index (χ2n) is 6.37. The van der Waals surface area contributed by atoms with Crippen molar-refractivity contribution in [2.24, 2.45) is 0 Å². The van der Waals surface area contributed by atoms with Gasteiger partial charge in [0, 0.05) is 32.6 Å². The first-order valence-corrected chi connectivity index (χ1v) is 8.20. The van der Waals surface area contributed by atoms with Gasteiger partial charge in [-0.1, -0.05) is 10.3 Å². The molecule has 0 N–H and O–H groups in total. The molecule has 0 bridgehead atoms. The monoisotopic (exact) mass is 333 g/mol. The SMILES string of the molecule is Cc1cc(CC(=O)N(C)C2CCCN(Cc3noc(C)n3)C2)no1. The Hall–Kier alpha value is -2.22. The van der Waals surface area contributed by atoms with E-state index in [-0.39, 0.29) is 18.4 Å². The maximum atomic E-state index is 12.5. The average Bonchev–Trinajstić information content (AvgIpc) is 3.15. The van der Waals surface area contributed by atoms with Gasteiger partial charge in [-0.2, -0.15) is 4.98 Å². The fourth-order valence-electron chi connectivity index (χ4n) is 3.08. The number of piperidine rings is 1. The van der Waals surface area contributed by atoms with Crippen molar-refractivity contribution in [3.63, 3.8) is 0 Å². The molecule has 1 aliphatic rings. The van der Waals surface area contributed by atoms with Crippen molar-refractivity contribution in [3.8, 4) is 0 Å². The standard InChI is InChI=1S/C16H23N5O3/c1-11-7-13(18-23-11)8-16(22)20(3)14-5-4-6-21(9-14)10-15-17-12(2)24-19-15/h7,14H,4-6,8-10H2,1-3H3. The Labute approximate surface area is 140 Å². The van der Waals surface area contributed by atoms with Crippen LogP contribution in [0.25, 0.3) is 0 Å². The summed E-state index contributed by atoms with van der Waals surface area (Å²) in [5, 5.41) is 7.84. The lowest BCUT2D eigenvalue weighted by Gasteiger charge is -2.37. The van der Waals surface area contributed by atoms with Crippen molar-refractivity contribution in [2.45, 2.75) is 45.7 Å². The van der Waals surface area contributed by atoms with E-state index >= 15 is 0 Å². The zero-order valence-corrected chi connectivity index (χ0v) is 14.4. The number of carbonyl (C=O) groups is 1. The Bertz CT molecular complexity index is 695.